The average Bonchev–Trinajstić information content (AvgIpc) is 2.35. The van der Waals surface area contributed by atoms with Gasteiger partial charge >= 0.3 is 6.18 Å². The molecule has 2 N–H and O–H groups in total. The first-order valence-electron chi connectivity index (χ1n) is 6.04. The molecule has 0 aromatic heterocycles. The maximum Gasteiger partial charge on any atom is 0.419 e. The molecule has 7 heteroatoms. The first-order valence-corrected chi connectivity index (χ1v) is 6.04. The van der Waals surface area contributed by atoms with E-state index >= 15 is 0 Å². The lowest BCUT2D eigenvalue weighted by Crippen LogP contribution is -2.33. The zero-order chi connectivity index (χ0) is 15.3. The number of nitrogens with one attached hydrogen (secondary N) is 1. The molecule has 0 aliphatic rings. The molecule has 0 bridgehead atoms. The van der Waals surface area contributed by atoms with Crippen LogP contribution in [0, 0.1) is 5.82 Å². The number of carbonyl (C=O) groups excluding carboxylic acids is 1. The third kappa shape index (κ3) is 4.19. The summed E-state index contributed by atoms with van der Waals surface area (Å²) < 4.78 is 51.3. The molecule has 0 radical (unpaired) electrons. The van der Waals surface area contributed by atoms with Crippen LogP contribution in [-0.2, 0) is 6.18 Å². The predicted octanol–water partition coefficient (Wildman–Crippen LogP) is 2.74. The van der Waals surface area contributed by atoms with E-state index < -0.39 is 29.0 Å². The van der Waals surface area contributed by atoms with Crippen molar-refractivity contribution in [1.82, 2.24) is 5.32 Å². The van der Waals surface area contributed by atoms with E-state index in [2.05, 4.69) is 5.32 Å². The third-order valence-electron chi connectivity index (χ3n) is 2.72. The summed E-state index contributed by atoms with van der Waals surface area (Å²) in [6, 6.07) is 2.20. The number of halogens is 4. The Morgan fingerprint density at radius 1 is 1.40 bits per heavy atom. The van der Waals surface area contributed by atoms with Gasteiger partial charge in [0.05, 0.1) is 11.1 Å². The van der Waals surface area contributed by atoms with Crippen LogP contribution in [0.1, 0.15) is 35.7 Å². The first kappa shape index (κ1) is 16.4. The number of hydrogen-bond donors (Lipinski definition) is 2. The van der Waals surface area contributed by atoms with Gasteiger partial charge in [-0.15, -0.1) is 0 Å². The number of aliphatic hydroxyl groups is 1. The van der Waals surface area contributed by atoms with Crippen LogP contribution in [-0.4, -0.2) is 23.7 Å². The molecule has 1 aromatic carbocycles. The van der Waals surface area contributed by atoms with E-state index in [0.29, 0.717) is 18.9 Å². The van der Waals surface area contributed by atoms with Gasteiger partial charge in [-0.1, -0.05) is 6.07 Å². The monoisotopic (exact) mass is 293 g/mol. The van der Waals surface area contributed by atoms with Gasteiger partial charge < -0.3 is 10.4 Å². The summed E-state index contributed by atoms with van der Waals surface area (Å²) in [7, 11) is 0. The third-order valence-corrected chi connectivity index (χ3v) is 2.72. The fraction of sp³-hybridized carbons (Fsp3) is 0.462. The second-order valence-electron chi connectivity index (χ2n) is 4.41. The van der Waals surface area contributed by atoms with Crippen LogP contribution in [0.2, 0.25) is 0 Å². The van der Waals surface area contributed by atoms with Gasteiger partial charge in [0.1, 0.15) is 5.82 Å². The maximum absolute atomic E-state index is 13.7. The Bertz CT molecular complexity index is 474. The number of rotatable bonds is 5. The largest absolute Gasteiger partial charge is 0.419 e. The average molecular weight is 293 g/mol. The van der Waals surface area contributed by atoms with Crippen molar-refractivity contribution in [2.75, 3.05) is 6.61 Å². The molecular formula is C13H15F4NO2. The smallest absolute Gasteiger partial charge is 0.396 e. The SMILES string of the molecule is CC(CCCO)NC(=O)c1cccc(C(F)(F)F)c1F. The van der Waals surface area contributed by atoms with Crippen LogP contribution in [0.25, 0.3) is 0 Å². The topological polar surface area (TPSA) is 49.3 Å². The molecule has 0 fully saturated rings. The Morgan fingerprint density at radius 3 is 2.60 bits per heavy atom. The molecule has 0 spiro atoms. The van der Waals surface area contributed by atoms with E-state index in [4.69, 9.17) is 5.11 Å². The van der Waals surface area contributed by atoms with Crippen LogP contribution in [0.5, 0.6) is 0 Å². The van der Waals surface area contributed by atoms with Gasteiger partial charge in [-0.05, 0) is 31.9 Å². The summed E-state index contributed by atoms with van der Waals surface area (Å²) in [5.74, 6) is -2.48. The van der Waals surface area contributed by atoms with Gasteiger partial charge in [-0.3, -0.25) is 4.79 Å². The number of alkyl halides is 3. The van der Waals surface area contributed by atoms with E-state index in [0.717, 1.165) is 12.1 Å². The summed E-state index contributed by atoms with van der Waals surface area (Å²) >= 11 is 0. The molecule has 1 unspecified atom stereocenters. The van der Waals surface area contributed by atoms with Gasteiger partial charge in [0.25, 0.3) is 5.91 Å². The highest BCUT2D eigenvalue weighted by molar-refractivity contribution is 5.94. The Balaban J connectivity index is 2.89. The quantitative estimate of drug-likeness (QED) is 0.820. The number of benzene rings is 1. The Hall–Kier alpha value is -1.63. The van der Waals surface area contributed by atoms with Gasteiger partial charge in [0.15, 0.2) is 0 Å². The van der Waals surface area contributed by atoms with E-state index in [1.807, 2.05) is 0 Å². The zero-order valence-electron chi connectivity index (χ0n) is 10.8. The minimum absolute atomic E-state index is 0.0574. The minimum Gasteiger partial charge on any atom is -0.396 e. The summed E-state index contributed by atoms with van der Waals surface area (Å²) in [6.45, 7) is 1.57. The molecule has 0 saturated heterocycles. The Kier molecular flexibility index (Phi) is 5.50. The summed E-state index contributed by atoms with van der Waals surface area (Å²) in [4.78, 5) is 11.7. The molecule has 0 saturated carbocycles. The highest BCUT2D eigenvalue weighted by Crippen LogP contribution is 2.32. The lowest BCUT2D eigenvalue weighted by Gasteiger charge is -2.15. The molecule has 112 valence electrons. The van der Waals surface area contributed by atoms with Gasteiger partial charge in [-0.25, -0.2) is 4.39 Å². The van der Waals surface area contributed by atoms with E-state index in [9.17, 15) is 22.4 Å². The molecule has 1 rings (SSSR count). The Labute approximate surface area is 113 Å². The van der Waals surface area contributed by atoms with Crippen molar-refractivity contribution in [2.24, 2.45) is 0 Å². The van der Waals surface area contributed by atoms with Crippen LogP contribution in [0.4, 0.5) is 17.6 Å². The lowest BCUT2D eigenvalue weighted by molar-refractivity contribution is -0.140. The van der Waals surface area contributed by atoms with E-state index in [1.165, 1.54) is 0 Å². The fourth-order valence-electron chi connectivity index (χ4n) is 1.70. The summed E-state index contributed by atoms with van der Waals surface area (Å²) in [5, 5.41) is 11.0. The molecular weight excluding hydrogens is 278 g/mol. The molecule has 1 atom stereocenters. The standard InChI is InChI=1S/C13H15F4NO2/c1-8(4-3-7-19)18-12(20)9-5-2-6-10(11(9)14)13(15,16)17/h2,5-6,8,19H,3-4,7H2,1H3,(H,18,20). The molecule has 0 heterocycles. The van der Waals surface area contributed by atoms with E-state index in [-0.39, 0.29) is 12.6 Å². The fourth-order valence-corrected chi connectivity index (χ4v) is 1.70. The second kappa shape index (κ2) is 6.69. The number of amides is 1. The highest BCUT2D eigenvalue weighted by atomic mass is 19.4. The number of carbonyl (C=O) groups is 1. The van der Waals surface area contributed by atoms with Gasteiger partial charge in [0.2, 0.25) is 0 Å². The van der Waals surface area contributed by atoms with Crippen molar-refractivity contribution < 1.29 is 27.5 Å². The van der Waals surface area contributed by atoms with Gasteiger partial charge in [-0.2, -0.15) is 13.2 Å². The van der Waals surface area contributed by atoms with Gasteiger partial charge in [0, 0.05) is 12.6 Å². The normalized spacial score (nSPS) is 13.1. The molecule has 0 aliphatic heterocycles. The van der Waals surface area contributed by atoms with Crippen LogP contribution >= 0.6 is 0 Å². The maximum atomic E-state index is 13.7. The lowest BCUT2D eigenvalue weighted by atomic mass is 10.1. The number of aliphatic hydroxyl groups excluding tert-OH is 1. The van der Waals surface area contributed by atoms with Crippen molar-refractivity contribution in [3.05, 3.63) is 35.1 Å². The molecule has 20 heavy (non-hydrogen) atoms. The second-order valence-corrected chi connectivity index (χ2v) is 4.41. The van der Waals surface area contributed by atoms with Crippen molar-refractivity contribution in [1.29, 1.82) is 0 Å². The zero-order valence-corrected chi connectivity index (χ0v) is 10.8. The first-order chi connectivity index (χ1) is 9.27. The van der Waals surface area contributed by atoms with Crippen molar-refractivity contribution in [2.45, 2.75) is 32.0 Å². The Morgan fingerprint density at radius 2 is 2.05 bits per heavy atom. The summed E-state index contributed by atoms with van der Waals surface area (Å²) in [6.07, 6.45) is -3.96. The van der Waals surface area contributed by atoms with Crippen LogP contribution in [0.3, 0.4) is 0 Å². The van der Waals surface area contributed by atoms with Crippen molar-refractivity contribution in [3.63, 3.8) is 0 Å². The molecule has 0 aliphatic carbocycles. The number of hydrogen-bond acceptors (Lipinski definition) is 2. The van der Waals surface area contributed by atoms with Crippen molar-refractivity contribution >= 4 is 5.91 Å². The molecule has 1 amide bonds. The predicted molar refractivity (Wildman–Crippen MR) is 64.7 cm³/mol. The van der Waals surface area contributed by atoms with Crippen LogP contribution < -0.4 is 5.32 Å². The van der Waals surface area contributed by atoms with E-state index in [1.54, 1.807) is 6.92 Å². The van der Waals surface area contributed by atoms with Crippen molar-refractivity contribution in [3.8, 4) is 0 Å². The highest BCUT2D eigenvalue weighted by Gasteiger charge is 2.35. The van der Waals surface area contributed by atoms with Crippen LogP contribution in [0.15, 0.2) is 18.2 Å². The summed E-state index contributed by atoms with van der Waals surface area (Å²) in [5.41, 5.74) is -2.11. The molecule has 3 nitrogen and oxygen atoms in total. The minimum atomic E-state index is -4.84. The molecule has 1 aromatic rings.